The maximum atomic E-state index is 14.3. The monoisotopic (exact) mass is 753 g/mol. The molecule has 0 aliphatic carbocycles. The van der Waals surface area contributed by atoms with Crippen LogP contribution in [0.4, 0.5) is 4.79 Å². The summed E-state index contributed by atoms with van der Waals surface area (Å²) >= 11 is 6.36. The first-order valence-corrected chi connectivity index (χ1v) is 20.6. The minimum atomic E-state index is -2.23. The Morgan fingerprint density at radius 2 is 1.40 bits per heavy atom. The van der Waals surface area contributed by atoms with Crippen LogP contribution >= 0.6 is 11.6 Å². The molecule has 0 bridgehead atoms. The highest BCUT2D eigenvalue weighted by Gasteiger charge is 2.46. The summed E-state index contributed by atoms with van der Waals surface area (Å²) in [5.74, 6) is -2.78. The second-order valence-corrected chi connectivity index (χ2v) is 20.7. The van der Waals surface area contributed by atoms with E-state index >= 15 is 0 Å². The first-order valence-electron chi connectivity index (χ1n) is 18.0. The highest BCUT2D eigenvalue weighted by atomic mass is 35.5. The number of carbonyl (C=O) groups is 3. The van der Waals surface area contributed by atoms with E-state index in [1.54, 1.807) is 32.9 Å². The third-order valence-electron chi connectivity index (χ3n) is 9.01. The van der Waals surface area contributed by atoms with Crippen molar-refractivity contribution in [3.8, 4) is 0 Å². The van der Waals surface area contributed by atoms with Gasteiger partial charge in [-0.25, -0.2) is 9.59 Å². The van der Waals surface area contributed by atoms with Crippen LogP contribution in [0.5, 0.6) is 0 Å². The average Bonchev–Trinajstić information content (AvgIpc) is 3.37. The SMILES string of the molecule is CC(C)[Si](O[C@H](/C=C/COC(=O)C(CNC(=O)OC(C)(C)C)C(=O)c1cn(Cc2ccccc2)c(=O)n1Cc1ccccc1)CCl)(C(C)C)C(C)C. The van der Waals surface area contributed by atoms with Crippen molar-refractivity contribution in [1.29, 1.82) is 0 Å². The molecule has 1 amide bonds. The normalized spacial score (nSPS) is 13.5. The number of Topliss-reactive ketones (excluding diaryl/α,β-unsaturated/α-hetero) is 1. The molecule has 1 N–H and O–H groups in total. The number of rotatable bonds is 18. The Balaban J connectivity index is 1.92. The lowest BCUT2D eigenvalue weighted by atomic mass is 10.0. The highest BCUT2D eigenvalue weighted by Crippen LogP contribution is 2.43. The van der Waals surface area contributed by atoms with Gasteiger partial charge in [0.25, 0.3) is 0 Å². The molecular formula is C40H56ClN3O7Si. The van der Waals surface area contributed by atoms with Crippen LogP contribution in [0.2, 0.25) is 16.6 Å². The van der Waals surface area contributed by atoms with Gasteiger partial charge in [-0.05, 0) is 54.6 Å². The lowest BCUT2D eigenvalue weighted by Crippen LogP contribution is -2.50. The quantitative estimate of drug-likeness (QED) is 0.0350. The topological polar surface area (TPSA) is 118 Å². The molecule has 0 saturated heterocycles. The molecule has 10 nitrogen and oxygen atoms in total. The Morgan fingerprint density at radius 1 is 0.865 bits per heavy atom. The molecule has 12 heteroatoms. The lowest BCUT2D eigenvalue weighted by Gasteiger charge is -2.44. The Bertz CT molecular complexity index is 1670. The number of amides is 1. The number of imidazole rings is 1. The molecule has 1 aromatic heterocycles. The van der Waals surface area contributed by atoms with E-state index in [1.807, 2.05) is 60.7 Å². The Hall–Kier alpha value is -3.93. The van der Waals surface area contributed by atoms with Crippen LogP contribution in [0, 0.1) is 5.92 Å². The van der Waals surface area contributed by atoms with E-state index in [-0.39, 0.29) is 37.4 Å². The van der Waals surface area contributed by atoms with Crippen molar-refractivity contribution in [2.45, 2.75) is 104 Å². The summed E-state index contributed by atoms with van der Waals surface area (Å²) in [6, 6.07) is 18.6. The zero-order valence-corrected chi connectivity index (χ0v) is 33.8. The summed E-state index contributed by atoms with van der Waals surface area (Å²) in [6.45, 7) is 18.1. The van der Waals surface area contributed by atoms with Crippen LogP contribution in [-0.4, -0.2) is 66.0 Å². The van der Waals surface area contributed by atoms with Gasteiger partial charge in [-0.1, -0.05) is 108 Å². The summed E-state index contributed by atoms with van der Waals surface area (Å²) in [5, 5.41) is 2.55. The summed E-state index contributed by atoms with van der Waals surface area (Å²) in [5.41, 5.74) is 1.53. The maximum absolute atomic E-state index is 14.3. The van der Waals surface area contributed by atoms with Crippen molar-refractivity contribution in [3.63, 3.8) is 0 Å². The molecule has 1 unspecified atom stereocenters. The molecule has 3 rings (SSSR count). The van der Waals surface area contributed by atoms with E-state index in [0.717, 1.165) is 11.1 Å². The molecule has 284 valence electrons. The molecule has 0 aliphatic heterocycles. The minimum absolute atomic E-state index is 0.0150. The number of ether oxygens (including phenoxy) is 2. The molecule has 52 heavy (non-hydrogen) atoms. The number of ketones is 1. The van der Waals surface area contributed by atoms with Gasteiger partial charge >= 0.3 is 17.8 Å². The minimum Gasteiger partial charge on any atom is -0.461 e. The van der Waals surface area contributed by atoms with E-state index in [4.69, 9.17) is 25.5 Å². The van der Waals surface area contributed by atoms with Gasteiger partial charge in [-0.3, -0.25) is 18.7 Å². The van der Waals surface area contributed by atoms with E-state index in [2.05, 4.69) is 46.9 Å². The standard InChI is InChI=1S/C40H56ClN3O7Si/c1-28(2)52(29(3)4,30(5)6)51-33(23-41)21-16-22-49-37(46)34(24-42-38(47)50-40(7,8)9)36(45)35-27-43(25-31-17-12-10-13-18-31)39(48)44(35)26-32-19-14-11-15-20-32/h10-21,27-30,33-34H,22-26H2,1-9H3,(H,42,47)/b21-16+/t33-,34?/m1/s1. The largest absolute Gasteiger partial charge is 0.461 e. The van der Waals surface area contributed by atoms with E-state index in [0.29, 0.717) is 16.6 Å². The molecule has 0 aliphatic rings. The van der Waals surface area contributed by atoms with Gasteiger partial charge in [-0.15, -0.1) is 11.6 Å². The predicted octanol–water partition coefficient (Wildman–Crippen LogP) is 7.97. The van der Waals surface area contributed by atoms with Crippen LogP contribution in [-0.2, 0) is 31.8 Å². The molecule has 2 atom stereocenters. The van der Waals surface area contributed by atoms with E-state index in [1.165, 1.54) is 15.3 Å². The fourth-order valence-corrected chi connectivity index (χ4v) is 12.5. The third-order valence-corrected chi connectivity index (χ3v) is 15.4. The number of alkyl halides is 1. The second-order valence-electron chi connectivity index (χ2n) is 15.0. The summed E-state index contributed by atoms with van der Waals surface area (Å²) < 4.78 is 20.6. The van der Waals surface area contributed by atoms with Gasteiger partial charge in [0.05, 0.1) is 25.1 Å². The number of hydrogen-bond donors (Lipinski definition) is 1. The summed E-state index contributed by atoms with van der Waals surface area (Å²) in [4.78, 5) is 54.5. The fraction of sp³-hybridized carbons (Fsp3) is 0.500. The van der Waals surface area contributed by atoms with Crippen LogP contribution < -0.4 is 11.0 Å². The molecule has 0 radical (unpaired) electrons. The number of alkyl carbamates (subject to hydrolysis) is 1. The first kappa shape index (κ1) is 42.5. The molecular weight excluding hydrogens is 698 g/mol. The molecule has 1 heterocycles. The number of esters is 1. The Morgan fingerprint density at radius 3 is 1.90 bits per heavy atom. The summed E-state index contributed by atoms with van der Waals surface area (Å²) in [7, 11) is -2.23. The van der Waals surface area contributed by atoms with E-state index in [9.17, 15) is 19.2 Å². The smallest absolute Gasteiger partial charge is 0.407 e. The van der Waals surface area contributed by atoms with Gasteiger partial charge in [0, 0.05) is 12.7 Å². The maximum Gasteiger partial charge on any atom is 0.407 e. The van der Waals surface area contributed by atoms with Gasteiger partial charge in [0.2, 0.25) is 8.32 Å². The van der Waals surface area contributed by atoms with Gasteiger partial charge in [0.1, 0.15) is 23.8 Å². The second kappa shape index (κ2) is 19.2. The van der Waals surface area contributed by atoms with Crippen molar-refractivity contribution >= 4 is 37.8 Å². The van der Waals surface area contributed by atoms with Crippen LogP contribution in [0.15, 0.2) is 83.8 Å². The van der Waals surface area contributed by atoms with Crippen molar-refractivity contribution in [1.82, 2.24) is 14.5 Å². The zero-order chi connectivity index (χ0) is 38.6. The Kier molecular flexibility index (Phi) is 15.7. The molecule has 0 fully saturated rings. The van der Waals surface area contributed by atoms with Gasteiger partial charge in [-0.2, -0.15) is 0 Å². The van der Waals surface area contributed by atoms with Gasteiger partial charge < -0.3 is 19.2 Å². The number of nitrogens with zero attached hydrogens (tertiary/aromatic N) is 2. The van der Waals surface area contributed by atoms with Crippen LogP contribution in [0.3, 0.4) is 0 Å². The Labute approximate surface area is 314 Å². The number of halogens is 1. The lowest BCUT2D eigenvalue weighted by molar-refractivity contribution is -0.145. The highest BCUT2D eigenvalue weighted by molar-refractivity contribution is 6.77. The molecule has 3 aromatic rings. The number of benzene rings is 2. The number of nitrogens with one attached hydrogen (secondary N) is 1. The van der Waals surface area contributed by atoms with E-state index < -0.39 is 49.9 Å². The zero-order valence-electron chi connectivity index (χ0n) is 32.1. The van der Waals surface area contributed by atoms with Crippen molar-refractivity contribution < 1.29 is 28.3 Å². The summed E-state index contributed by atoms with van der Waals surface area (Å²) in [6.07, 6.45) is 3.74. The molecule has 2 aromatic carbocycles. The van der Waals surface area contributed by atoms with Crippen molar-refractivity contribution in [2.75, 3.05) is 19.0 Å². The third kappa shape index (κ3) is 11.5. The van der Waals surface area contributed by atoms with Crippen molar-refractivity contribution in [2.24, 2.45) is 5.92 Å². The van der Waals surface area contributed by atoms with Crippen LogP contribution in [0.1, 0.15) is 83.9 Å². The van der Waals surface area contributed by atoms with Crippen LogP contribution in [0.25, 0.3) is 0 Å². The predicted molar refractivity (Wildman–Crippen MR) is 209 cm³/mol. The fourth-order valence-electron chi connectivity index (χ4n) is 6.73. The number of aromatic nitrogens is 2. The number of hydrogen-bond acceptors (Lipinski definition) is 7. The van der Waals surface area contributed by atoms with Crippen molar-refractivity contribution in [3.05, 3.63) is 106 Å². The molecule has 0 saturated carbocycles. The van der Waals surface area contributed by atoms with Gasteiger partial charge in [0.15, 0.2) is 5.78 Å². The number of carbonyl (C=O) groups excluding carboxylic acids is 3. The molecule has 0 spiro atoms. The average molecular weight is 754 g/mol. The first-order chi connectivity index (χ1) is 24.5.